The minimum absolute atomic E-state index is 0.223. The summed E-state index contributed by atoms with van der Waals surface area (Å²) in [6, 6.07) is 2.24. The Hall–Kier alpha value is -0.410. The molecule has 1 saturated carbocycles. The Morgan fingerprint density at radius 2 is 2.21 bits per heavy atom. The molecule has 1 fully saturated rings. The summed E-state index contributed by atoms with van der Waals surface area (Å²) >= 11 is 1.64. The van der Waals surface area contributed by atoms with Crippen molar-refractivity contribution < 1.29 is 4.39 Å². The van der Waals surface area contributed by atoms with E-state index < -0.39 is 5.67 Å². The van der Waals surface area contributed by atoms with E-state index in [1.807, 2.05) is 16.8 Å². The summed E-state index contributed by atoms with van der Waals surface area (Å²) in [7, 11) is 0. The zero-order chi connectivity index (χ0) is 10.0. The molecule has 0 saturated heterocycles. The molecule has 1 aromatic heterocycles. The zero-order valence-electron chi connectivity index (χ0n) is 8.21. The number of halogens is 1. The van der Waals surface area contributed by atoms with E-state index in [0.29, 0.717) is 19.3 Å². The Labute approximate surface area is 88.1 Å². The van der Waals surface area contributed by atoms with Crippen LogP contribution in [0.1, 0.15) is 31.2 Å². The number of alkyl halides is 1. The molecule has 0 aliphatic heterocycles. The zero-order valence-corrected chi connectivity index (χ0v) is 9.02. The average molecular weight is 213 g/mol. The summed E-state index contributed by atoms with van der Waals surface area (Å²) in [4.78, 5) is 0. The molecule has 3 heteroatoms. The van der Waals surface area contributed by atoms with Crippen molar-refractivity contribution in [2.45, 2.75) is 43.8 Å². The molecule has 0 atom stereocenters. The Morgan fingerprint density at radius 1 is 1.50 bits per heavy atom. The molecule has 0 unspecified atom stereocenters. The molecule has 1 heterocycles. The van der Waals surface area contributed by atoms with Crippen molar-refractivity contribution >= 4 is 11.3 Å². The van der Waals surface area contributed by atoms with E-state index in [0.717, 1.165) is 18.4 Å². The quantitative estimate of drug-likeness (QED) is 0.803. The second kappa shape index (κ2) is 3.99. The third kappa shape index (κ3) is 2.34. The second-order valence-corrected chi connectivity index (χ2v) is 5.08. The fourth-order valence-electron chi connectivity index (χ4n) is 2.09. The Bertz CT molecular complexity index is 275. The van der Waals surface area contributed by atoms with Crippen LogP contribution in [0.15, 0.2) is 16.8 Å². The first-order valence-electron chi connectivity index (χ1n) is 5.14. The first kappa shape index (κ1) is 10.1. The van der Waals surface area contributed by atoms with Gasteiger partial charge in [0.05, 0.1) is 0 Å². The Balaban J connectivity index is 1.96. The molecule has 0 amide bonds. The van der Waals surface area contributed by atoms with Gasteiger partial charge in [-0.1, -0.05) is 0 Å². The summed E-state index contributed by atoms with van der Waals surface area (Å²) in [6.07, 6.45) is 3.50. The highest BCUT2D eigenvalue weighted by atomic mass is 32.1. The lowest BCUT2D eigenvalue weighted by molar-refractivity contribution is 0.0996. The van der Waals surface area contributed by atoms with Crippen molar-refractivity contribution in [2.24, 2.45) is 5.73 Å². The van der Waals surface area contributed by atoms with Gasteiger partial charge in [-0.15, -0.1) is 0 Å². The SMILES string of the molecule is NC1CCC(F)(Cc2ccsc2)CC1. The maximum atomic E-state index is 14.3. The van der Waals surface area contributed by atoms with Crippen LogP contribution in [0.25, 0.3) is 0 Å². The third-order valence-electron chi connectivity index (χ3n) is 3.03. The van der Waals surface area contributed by atoms with Crippen LogP contribution in [-0.2, 0) is 6.42 Å². The van der Waals surface area contributed by atoms with Gasteiger partial charge in [0.15, 0.2) is 0 Å². The van der Waals surface area contributed by atoms with Crippen LogP contribution in [0, 0.1) is 0 Å². The lowest BCUT2D eigenvalue weighted by Crippen LogP contribution is -2.37. The molecule has 14 heavy (non-hydrogen) atoms. The van der Waals surface area contributed by atoms with Crippen molar-refractivity contribution in [1.82, 2.24) is 0 Å². The first-order chi connectivity index (χ1) is 6.68. The highest BCUT2D eigenvalue weighted by molar-refractivity contribution is 7.07. The van der Waals surface area contributed by atoms with Crippen LogP contribution in [-0.4, -0.2) is 11.7 Å². The molecule has 0 radical (unpaired) electrons. The molecule has 0 aromatic carbocycles. The van der Waals surface area contributed by atoms with Crippen molar-refractivity contribution in [2.75, 3.05) is 0 Å². The van der Waals surface area contributed by atoms with E-state index in [-0.39, 0.29) is 6.04 Å². The molecular formula is C11H16FNS. The number of rotatable bonds is 2. The number of hydrogen-bond donors (Lipinski definition) is 1. The lowest BCUT2D eigenvalue weighted by Gasteiger charge is -2.32. The van der Waals surface area contributed by atoms with Gasteiger partial charge in [-0.25, -0.2) is 4.39 Å². The van der Waals surface area contributed by atoms with Crippen LogP contribution in [0.5, 0.6) is 0 Å². The van der Waals surface area contributed by atoms with Crippen molar-refractivity contribution in [3.05, 3.63) is 22.4 Å². The fraction of sp³-hybridized carbons (Fsp3) is 0.636. The molecule has 2 rings (SSSR count). The normalized spacial score (nSPS) is 33.1. The van der Waals surface area contributed by atoms with Gasteiger partial charge in [0, 0.05) is 12.5 Å². The minimum atomic E-state index is -0.989. The first-order valence-corrected chi connectivity index (χ1v) is 6.08. The third-order valence-corrected chi connectivity index (χ3v) is 3.76. The standard InChI is InChI=1S/C11H16FNS/c12-11(4-1-10(13)2-5-11)7-9-3-6-14-8-9/h3,6,8,10H,1-2,4-5,7,13H2. The van der Waals surface area contributed by atoms with Gasteiger partial charge in [-0.2, -0.15) is 11.3 Å². The monoisotopic (exact) mass is 213 g/mol. The predicted molar refractivity (Wildman–Crippen MR) is 58.3 cm³/mol. The Morgan fingerprint density at radius 3 is 2.79 bits per heavy atom. The van der Waals surface area contributed by atoms with Crippen LogP contribution < -0.4 is 5.73 Å². The van der Waals surface area contributed by atoms with Crippen molar-refractivity contribution in [3.8, 4) is 0 Å². The highest BCUT2D eigenvalue weighted by Crippen LogP contribution is 2.34. The molecule has 0 spiro atoms. The molecular weight excluding hydrogens is 197 g/mol. The number of nitrogens with two attached hydrogens (primary N) is 1. The van der Waals surface area contributed by atoms with E-state index >= 15 is 0 Å². The number of hydrogen-bond acceptors (Lipinski definition) is 2. The van der Waals surface area contributed by atoms with E-state index in [1.54, 1.807) is 11.3 Å². The summed E-state index contributed by atoms with van der Waals surface area (Å²) < 4.78 is 14.3. The van der Waals surface area contributed by atoms with E-state index in [1.165, 1.54) is 0 Å². The van der Waals surface area contributed by atoms with Crippen molar-refractivity contribution in [3.63, 3.8) is 0 Å². The van der Waals surface area contributed by atoms with Gasteiger partial charge in [-0.05, 0) is 48.1 Å². The second-order valence-electron chi connectivity index (χ2n) is 4.30. The van der Waals surface area contributed by atoms with Crippen LogP contribution >= 0.6 is 11.3 Å². The highest BCUT2D eigenvalue weighted by Gasteiger charge is 2.34. The predicted octanol–water partition coefficient (Wildman–Crippen LogP) is 2.90. The minimum Gasteiger partial charge on any atom is -0.328 e. The molecule has 1 aromatic rings. The topological polar surface area (TPSA) is 26.0 Å². The van der Waals surface area contributed by atoms with E-state index in [2.05, 4.69) is 0 Å². The van der Waals surface area contributed by atoms with Gasteiger partial charge in [0.1, 0.15) is 5.67 Å². The molecule has 0 bridgehead atoms. The maximum absolute atomic E-state index is 14.3. The van der Waals surface area contributed by atoms with Gasteiger partial charge >= 0.3 is 0 Å². The molecule has 1 aliphatic rings. The summed E-state index contributed by atoms with van der Waals surface area (Å²) in [5.41, 5.74) is 5.91. The van der Waals surface area contributed by atoms with Crippen LogP contribution in [0.4, 0.5) is 4.39 Å². The largest absolute Gasteiger partial charge is 0.328 e. The Kier molecular flexibility index (Phi) is 2.88. The van der Waals surface area contributed by atoms with Gasteiger partial charge < -0.3 is 5.73 Å². The summed E-state index contributed by atoms with van der Waals surface area (Å²) in [5.74, 6) is 0. The number of thiophene rings is 1. The smallest absolute Gasteiger partial charge is 0.115 e. The van der Waals surface area contributed by atoms with E-state index in [4.69, 9.17) is 5.73 Å². The lowest BCUT2D eigenvalue weighted by atomic mass is 9.80. The van der Waals surface area contributed by atoms with Crippen molar-refractivity contribution in [1.29, 1.82) is 0 Å². The van der Waals surface area contributed by atoms with Gasteiger partial charge in [0.2, 0.25) is 0 Å². The van der Waals surface area contributed by atoms with E-state index in [9.17, 15) is 4.39 Å². The summed E-state index contributed by atoms with van der Waals surface area (Å²) in [5, 5.41) is 4.04. The molecule has 1 aliphatic carbocycles. The maximum Gasteiger partial charge on any atom is 0.115 e. The average Bonchev–Trinajstić information content (AvgIpc) is 2.63. The summed E-state index contributed by atoms with van der Waals surface area (Å²) in [6.45, 7) is 0. The fourth-order valence-corrected chi connectivity index (χ4v) is 2.76. The molecule has 2 N–H and O–H groups in total. The van der Waals surface area contributed by atoms with Gasteiger partial charge in [0.25, 0.3) is 0 Å². The molecule has 1 nitrogen and oxygen atoms in total. The van der Waals surface area contributed by atoms with Crippen LogP contribution in [0.3, 0.4) is 0 Å². The van der Waals surface area contributed by atoms with Gasteiger partial charge in [-0.3, -0.25) is 0 Å². The molecule has 78 valence electrons. The van der Waals surface area contributed by atoms with Crippen LogP contribution in [0.2, 0.25) is 0 Å².